The lowest BCUT2D eigenvalue weighted by Crippen LogP contribution is -2.38. The number of aryl methyl sites for hydroxylation is 2. The second-order valence-corrected chi connectivity index (χ2v) is 7.40. The molecule has 0 aliphatic carbocycles. The van der Waals surface area contributed by atoms with Gasteiger partial charge in [0.15, 0.2) is 5.96 Å². The minimum atomic E-state index is -0.316. The van der Waals surface area contributed by atoms with Gasteiger partial charge in [-0.3, -0.25) is 9.98 Å². The fourth-order valence-corrected chi connectivity index (χ4v) is 3.61. The second kappa shape index (κ2) is 12.7. The summed E-state index contributed by atoms with van der Waals surface area (Å²) < 4.78 is 5.10. The predicted molar refractivity (Wildman–Crippen MR) is 128 cm³/mol. The number of halogens is 1. The van der Waals surface area contributed by atoms with Gasteiger partial charge in [0.05, 0.1) is 18.3 Å². The molecule has 0 bridgehead atoms. The average molecular weight is 531 g/mol. The Balaban J connectivity index is 0.00000420. The highest BCUT2D eigenvalue weighted by atomic mass is 127. The molecule has 2 heterocycles. The monoisotopic (exact) mass is 531 g/mol. The van der Waals surface area contributed by atoms with E-state index in [1.54, 1.807) is 6.92 Å². The number of esters is 1. The molecule has 0 saturated heterocycles. The van der Waals surface area contributed by atoms with E-state index in [1.807, 2.05) is 39.2 Å². The van der Waals surface area contributed by atoms with Crippen molar-refractivity contribution in [3.05, 3.63) is 45.2 Å². The molecule has 2 rings (SSSR count). The number of ether oxygens (including phenoxy) is 1. The number of thiazole rings is 1. The number of hydrogen-bond acceptors (Lipinski definition) is 6. The number of carbonyl (C=O) groups excluding carboxylic acids is 1. The topological polar surface area (TPSA) is 88.5 Å². The van der Waals surface area contributed by atoms with E-state index in [0.717, 1.165) is 23.9 Å². The third-order valence-electron chi connectivity index (χ3n) is 4.13. The molecule has 160 valence electrons. The average Bonchev–Trinajstić information content (AvgIpc) is 3.05. The minimum absolute atomic E-state index is 0. The zero-order valence-electron chi connectivity index (χ0n) is 17.6. The van der Waals surface area contributed by atoms with Crippen LogP contribution in [0.3, 0.4) is 0 Å². The molecule has 7 nitrogen and oxygen atoms in total. The van der Waals surface area contributed by atoms with Crippen LogP contribution in [-0.2, 0) is 11.2 Å². The lowest BCUT2D eigenvalue weighted by atomic mass is 10.1. The van der Waals surface area contributed by atoms with Crippen molar-refractivity contribution in [1.82, 2.24) is 20.6 Å². The molecule has 2 N–H and O–H groups in total. The third kappa shape index (κ3) is 7.54. The quantitative estimate of drug-likeness (QED) is 0.233. The summed E-state index contributed by atoms with van der Waals surface area (Å²) >= 11 is 1.36. The predicted octanol–water partition coefficient (Wildman–Crippen LogP) is 3.81. The van der Waals surface area contributed by atoms with Gasteiger partial charge in [-0.05, 0) is 58.2 Å². The van der Waals surface area contributed by atoms with Gasteiger partial charge in [0, 0.05) is 25.5 Å². The van der Waals surface area contributed by atoms with Crippen LogP contribution < -0.4 is 10.6 Å². The van der Waals surface area contributed by atoms with Gasteiger partial charge < -0.3 is 15.4 Å². The molecule has 29 heavy (non-hydrogen) atoms. The van der Waals surface area contributed by atoms with Crippen molar-refractivity contribution in [1.29, 1.82) is 0 Å². The van der Waals surface area contributed by atoms with Crippen LogP contribution in [0.4, 0.5) is 0 Å². The zero-order chi connectivity index (χ0) is 20.5. The summed E-state index contributed by atoms with van der Waals surface area (Å²) in [5.41, 5.74) is 3.12. The van der Waals surface area contributed by atoms with Gasteiger partial charge in [-0.25, -0.2) is 9.78 Å². The highest BCUT2D eigenvalue weighted by molar-refractivity contribution is 14.0. The lowest BCUT2D eigenvalue weighted by Gasteiger charge is -2.16. The van der Waals surface area contributed by atoms with E-state index in [1.165, 1.54) is 22.5 Å². The van der Waals surface area contributed by atoms with E-state index in [4.69, 9.17) is 4.74 Å². The molecule has 2 aromatic heterocycles. The molecule has 0 amide bonds. The van der Waals surface area contributed by atoms with Crippen LogP contribution in [0, 0.1) is 13.8 Å². The number of nitrogens with one attached hydrogen (secondary N) is 2. The van der Waals surface area contributed by atoms with Crippen molar-refractivity contribution < 1.29 is 9.53 Å². The molecule has 1 unspecified atom stereocenters. The molecule has 0 spiro atoms. The number of guanidine groups is 1. The molecule has 0 aliphatic rings. The molecule has 2 aromatic rings. The van der Waals surface area contributed by atoms with Crippen LogP contribution in [0.5, 0.6) is 0 Å². The second-order valence-electron chi connectivity index (χ2n) is 6.37. The molecule has 0 aliphatic heterocycles. The van der Waals surface area contributed by atoms with E-state index in [9.17, 15) is 4.79 Å². The maximum atomic E-state index is 12.0. The summed E-state index contributed by atoms with van der Waals surface area (Å²) in [6.45, 7) is 11.5. The zero-order valence-corrected chi connectivity index (χ0v) is 20.8. The summed E-state index contributed by atoms with van der Waals surface area (Å²) in [6, 6.07) is 1.95. The molecule has 0 saturated carbocycles. The van der Waals surface area contributed by atoms with Crippen molar-refractivity contribution in [3.63, 3.8) is 0 Å². The van der Waals surface area contributed by atoms with Gasteiger partial charge in [0.25, 0.3) is 0 Å². The van der Waals surface area contributed by atoms with E-state index in [-0.39, 0.29) is 36.0 Å². The first-order valence-corrected chi connectivity index (χ1v) is 10.4. The van der Waals surface area contributed by atoms with Crippen LogP contribution in [0.1, 0.15) is 58.3 Å². The summed E-state index contributed by atoms with van der Waals surface area (Å²) in [4.78, 5) is 25.9. The van der Waals surface area contributed by atoms with Crippen LogP contribution in [0.2, 0.25) is 0 Å². The first kappa shape index (κ1) is 25.3. The van der Waals surface area contributed by atoms with Crippen LogP contribution in [-0.4, -0.2) is 41.6 Å². The van der Waals surface area contributed by atoms with Gasteiger partial charge in [0.1, 0.15) is 9.88 Å². The summed E-state index contributed by atoms with van der Waals surface area (Å²) in [7, 11) is 0. The first-order valence-electron chi connectivity index (χ1n) is 9.55. The number of aliphatic imine (C=N–C) groups is 1. The Morgan fingerprint density at radius 1 is 1.34 bits per heavy atom. The first-order chi connectivity index (χ1) is 13.5. The SMILES string of the molecule is CCNC(=NCCc1ccncc1C)NC(C)c1nc(C)c(C(=O)OCC)s1.I. The van der Waals surface area contributed by atoms with Gasteiger partial charge >= 0.3 is 5.97 Å². The Bertz CT molecular complexity index is 825. The van der Waals surface area contributed by atoms with Gasteiger partial charge in [-0.1, -0.05) is 0 Å². The van der Waals surface area contributed by atoms with Crippen molar-refractivity contribution in [2.24, 2.45) is 4.99 Å². The molecule has 0 aromatic carbocycles. The normalized spacial score (nSPS) is 12.1. The molecular formula is C20H30IN5O2S. The van der Waals surface area contributed by atoms with Crippen molar-refractivity contribution in [2.75, 3.05) is 19.7 Å². The molecule has 1 atom stereocenters. The fourth-order valence-electron chi connectivity index (χ4n) is 2.65. The summed E-state index contributed by atoms with van der Waals surface area (Å²) in [5, 5.41) is 7.46. The van der Waals surface area contributed by atoms with Crippen molar-refractivity contribution >= 4 is 47.2 Å². The van der Waals surface area contributed by atoms with E-state index in [0.29, 0.717) is 23.7 Å². The van der Waals surface area contributed by atoms with Gasteiger partial charge in [-0.2, -0.15) is 0 Å². The van der Waals surface area contributed by atoms with E-state index >= 15 is 0 Å². The van der Waals surface area contributed by atoms with Crippen LogP contribution >= 0.6 is 35.3 Å². The summed E-state index contributed by atoms with van der Waals surface area (Å²) in [5.74, 6) is 0.413. The molecular weight excluding hydrogens is 501 g/mol. The van der Waals surface area contributed by atoms with E-state index < -0.39 is 0 Å². The fraction of sp³-hybridized carbons (Fsp3) is 0.500. The Morgan fingerprint density at radius 2 is 2.10 bits per heavy atom. The highest BCUT2D eigenvalue weighted by Gasteiger charge is 2.20. The number of hydrogen-bond donors (Lipinski definition) is 2. The lowest BCUT2D eigenvalue weighted by molar-refractivity contribution is 0.0531. The van der Waals surface area contributed by atoms with E-state index in [2.05, 4.69) is 32.5 Å². The number of rotatable bonds is 8. The minimum Gasteiger partial charge on any atom is -0.462 e. The third-order valence-corrected chi connectivity index (χ3v) is 5.45. The van der Waals surface area contributed by atoms with Crippen molar-refractivity contribution in [2.45, 2.75) is 47.1 Å². The Morgan fingerprint density at radius 3 is 2.76 bits per heavy atom. The van der Waals surface area contributed by atoms with Crippen LogP contribution in [0.25, 0.3) is 0 Å². The highest BCUT2D eigenvalue weighted by Crippen LogP contribution is 2.24. The summed E-state index contributed by atoms with van der Waals surface area (Å²) in [6.07, 6.45) is 4.53. The maximum Gasteiger partial charge on any atom is 0.350 e. The number of pyridine rings is 1. The largest absolute Gasteiger partial charge is 0.462 e. The number of nitrogens with zero attached hydrogens (tertiary/aromatic N) is 3. The van der Waals surface area contributed by atoms with Gasteiger partial charge in [0.2, 0.25) is 0 Å². The van der Waals surface area contributed by atoms with Crippen LogP contribution in [0.15, 0.2) is 23.5 Å². The van der Waals surface area contributed by atoms with Crippen molar-refractivity contribution in [3.8, 4) is 0 Å². The number of aromatic nitrogens is 2. The number of carbonyl (C=O) groups is 1. The Hall–Kier alpha value is -1.75. The Kier molecular flexibility index (Phi) is 11.1. The molecule has 0 radical (unpaired) electrons. The Labute approximate surface area is 193 Å². The smallest absolute Gasteiger partial charge is 0.350 e. The molecule has 9 heteroatoms. The standard InChI is InChI=1S/C20H29N5O2S.HI/c1-6-22-20(23-11-9-16-8-10-21-12-13(16)3)25-15(5)18-24-14(4)17(28-18)19(26)27-7-2;/h8,10,12,15H,6-7,9,11H2,1-5H3,(H2,22,23,25);1H. The van der Waals surface area contributed by atoms with Gasteiger partial charge in [-0.15, -0.1) is 35.3 Å². The maximum absolute atomic E-state index is 12.0. The molecule has 0 fully saturated rings.